The fourth-order valence-corrected chi connectivity index (χ4v) is 1.05. The van der Waals surface area contributed by atoms with Crippen molar-refractivity contribution in [1.82, 2.24) is 0 Å². The number of aliphatic hydroxyl groups is 1. The molecule has 1 atom stereocenters. The topological polar surface area (TPSA) is 46.5 Å². The van der Waals surface area contributed by atoms with Crippen LogP contribution in [0.1, 0.15) is 33.1 Å². The van der Waals surface area contributed by atoms with Gasteiger partial charge in [0.2, 0.25) is 0 Å². The van der Waals surface area contributed by atoms with Crippen molar-refractivity contribution in [3.05, 3.63) is 12.2 Å². The maximum absolute atomic E-state index is 11.0. The normalized spacial score (nSPS) is 12.2. The fraction of sp³-hybridized carbons (Fsp3) is 0.700. The molecule has 76 valence electrons. The van der Waals surface area contributed by atoms with Gasteiger partial charge in [0, 0.05) is 6.42 Å². The Morgan fingerprint density at radius 3 is 2.62 bits per heavy atom. The molecule has 0 spiro atoms. The highest BCUT2D eigenvalue weighted by atomic mass is 16.5. The molecule has 13 heavy (non-hydrogen) atoms. The highest BCUT2D eigenvalue weighted by Crippen LogP contribution is 2.10. The van der Waals surface area contributed by atoms with E-state index in [1.807, 2.05) is 6.92 Å². The summed E-state index contributed by atoms with van der Waals surface area (Å²) in [7, 11) is 0. The van der Waals surface area contributed by atoms with Crippen LogP contribution in [0, 0.1) is 0 Å². The second-order valence-corrected chi connectivity index (χ2v) is 2.97. The van der Waals surface area contributed by atoms with Gasteiger partial charge in [-0.3, -0.25) is 0 Å². The molecule has 0 unspecified atom stereocenters. The minimum atomic E-state index is -1.04. The van der Waals surface area contributed by atoms with E-state index in [-0.39, 0.29) is 0 Å². The van der Waals surface area contributed by atoms with Crippen molar-refractivity contribution in [3.63, 3.8) is 0 Å². The molecule has 0 amide bonds. The van der Waals surface area contributed by atoms with Gasteiger partial charge < -0.3 is 9.84 Å². The van der Waals surface area contributed by atoms with Gasteiger partial charge in [-0.2, -0.15) is 0 Å². The van der Waals surface area contributed by atoms with Crippen LogP contribution in [0.4, 0.5) is 0 Å². The maximum Gasteiger partial charge on any atom is 0.335 e. The van der Waals surface area contributed by atoms with Crippen LogP contribution < -0.4 is 0 Å². The van der Waals surface area contributed by atoms with E-state index in [0.717, 1.165) is 18.4 Å². The number of carbonyl (C=O) groups excluding carboxylic acids is 1. The Balaban J connectivity index is 3.78. The highest BCUT2D eigenvalue weighted by molar-refractivity contribution is 5.74. The van der Waals surface area contributed by atoms with Crippen molar-refractivity contribution in [1.29, 1.82) is 0 Å². The van der Waals surface area contributed by atoms with Crippen molar-refractivity contribution in [2.75, 3.05) is 6.61 Å². The Morgan fingerprint density at radius 1 is 1.54 bits per heavy atom. The molecule has 0 radical (unpaired) electrons. The Labute approximate surface area is 79.4 Å². The minimum absolute atomic E-state index is 0.302. The van der Waals surface area contributed by atoms with Crippen LogP contribution in [0.5, 0.6) is 0 Å². The molecule has 0 aliphatic heterocycles. The number of hydrogen-bond donors (Lipinski definition) is 1. The van der Waals surface area contributed by atoms with Crippen molar-refractivity contribution in [2.24, 2.45) is 0 Å². The third-order valence-electron chi connectivity index (χ3n) is 1.64. The Hall–Kier alpha value is -0.830. The number of esters is 1. The quantitative estimate of drug-likeness (QED) is 0.507. The summed E-state index contributed by atoms with van der Waals surface area (Å²) in [5.41, 5.74) is 0.892. The zero-order valence-electron chi connectivity index (χ0n) is 8.38. The molecule has 0 bridgehead atoms. The maximum atomic E-state index is 11.0. The van der Waals surface area contributed by atoms with E-state index in [9.17, 15) is 9.90 Å². The third-order valence-corrected chi connectivity index (χ3v) is 1.64. The van der Waals surface area contributed by atoms with Crippen LogP contribution in [-0.2, 0) is 9.53 Å². The molecule has 0 fully saturated rings. The lowest BCUT2D eigenvalue weighted by Crippen LogP contribution is -2.23. The lowest BCUT2D eigenvalue weighted by molar-refractivity contribution is -0.152. The predicted molar refractivity (Wildman–Crippen MR) is 51.3 cm³/mol. The molecule has 0 saturated heterocycles. The minimum Gasteiger partial charge on any atom is -0.464 e. The number of ether oxygens (including phenoxy) is 1. The molecule has 3 nitrogen and oxygen atoms in total. The Morgan fingerprint density at radius 2 is 2.15 bits per heavy atom. The zero-order chi connectivity index (χ0) is 10.3. The van der Waals surface area contributed by atoms with E-state index in [2.05, 4.69) is 11.3 Å². The molecular weight excluding hydrogens is 168 g/mol. The molecule has 0 heterocycles. The van der Waals surface area contributed by atoms with Gasteiger partial charge in [0.15, 0.2) is 6.10 Å². The van der Waals surface area contributed by atoms with Crippen molar-refractivity contribution in [2.45, 2.75) is 39.2 Å². The van der Waals surface area contributed by atoms with Crippen molar-refractivity contribution < 1.29 is 14.6 Å². The summed E-state index contributed by atoms with van der Waals surface area (Å²) in [4.78, 5) is 11.0. The van der Waals surface area contributed by atoms with E-state index in [1.54, 1.807) is 6.92 Å². The summed E-state index contributed by atoms with van der Waals surface area (Å²) < 4.78 is 4.65. The lowest BCUT2D eigenvalue weighted by Gasteiger charge is -2.10. The molecule has 0 aromatic rings. The molecule has 3 heteroatoms. The molecular formula is C10H18O3. The average Bonchev–Trinajstić information content (AvgIpc) is 2.05. The van der Waals surface area contributed by atoms with E-state index in [0.29, 0.717) is 13.0 Å². The van der Waals surface area contributed by atoms with Crippen LogP contribution in [0.25, 0.3) is 0 Å². The second-order valence-electron chi connectivity index (χ2n) is 2.97. The van der Waals surface area contributed by atoms with Crippen LogP contribution >= 0.6 is 0 Å². The first-order valence-corrected chi connectivity index (χ1v) is 4.63. The fourth-order valence-electron chi connectivity index (χ4n) is 1.05. The van der Waals surface area contributed by atoms with Gasteiger partial charge in [-0.05, 0) is 13.3 Å². The van der Waals surface area contributed by atoms with Crippen LogP contribution in [0.3, 0.4) is 0 Å². The molecule has 0 aromatic heterocycles. The summed E-state index contributed by atoms with van der Waals surface area (Å²) in [5, 5.41) is 9.31. The first kappa shape index (κ1) is 12.2. The molecule has 0 rings (SSSR count). The van der Waals surface area contributed by atoms with Gasteiger partial charge in [-0.25, -0.2) is 4.79 Å². The van der Waals surface area contributed by atoms with Gasteiger partial charge in [0.1, 0.15) is 0 Å². The Bertz CT molecular complexity index is 175. The number of carbonyl (C=O) groups is 1. The van der Waals surface area contributed by atoms with Crippen molar-refractivity contribution in [3.8, 4) is 0 Å². The van der Waals surface area contributed by atoms with Gasteiger partial charge in [0.05, 0.1) is 6.61 Å². The lowest BCUT2D eigenvalue weighted by atomic mass is 10.1. The molecule has 1 N–H and O–H groups in total. The summed E-state index contributed by atoms with van der Waals surface area (Å²) >= 11 is 0. The van der Waals surface area contributed by atoms with E-state index < -0.39 is 12.1 Å². The molecule has 0 aliphatic carbocycles. The standard InChI is InChI=1S/C10H18O3/c1-4-6-8(3)7-9(11)10(12)13-5-2/h9,11H,3-7H2,1-2H3/t9-/m0/s1. The summed E-state index contributed by atoms with van der Waals surface area (Å²) in [6.45, 7) is 7.80. The first-order valence-electron chi connectivity index (χ1n) is 4.63. The number of hydrogen-bond acceptors (Lipinski definition) is 3. The third kappa shape index (κ3) is 5.42. The summed E-state index contributed by atoms with van der Waals surface area (Å²) in [5.74, 6) is -0.556. The SMILES string of the molecule is C=C(CCC)C[C@H](O)C(=O)OCC. The zero-order valence-corrected chi connectivity index (χ0v) is 8.38. The largest absolute Gasteiger partial charge is 0.464 e. The van der Waals surface area contributed by atoms with Crippen molar-refractivity contribution >= 4 is 5.97 Å². The van der Waals surface area contributed by atoms with Crippen LogP contribution in [0.2, 0.25) is 0 Å². The number of aliphatic hydroxyl groups excluding tert-OH is 1. The van der Waals surface area contributed by atoms with Gasteiger partial charge in [-0.15, -0.1) is 0 Å². The van der Waals surface area contributed by atoms with E-state index in [4.69, 9.17) is 0 Å². The smallest absolute Gasteiger partial charge is 0.335 e. The van der Waals surface area contributed by atoms with Crippen LogP contribution in [-0.4, -0.2) is 23.8 Å². The second kappa shape index (κ2) is 6.66. The van der Waals surface area contributed by atoms with E-state index in [1.165, 1.54) is 0 Å². The van der Waals surface area contributed by atoms with Gasteiger partial charge in [-0.1, -0.05) is 25.5 Å². The van der Waals surface area contributed by atoms with Gasteiger partial charge in [0.25, 0.3) is 0 Å². The Kier molecular flexibility index (Phi) is 6.24. The molecule has 0 saturated carbocycles. The monoisotopic (exact) mass is 186 g/mol. The molecule has 0 aromatic carbocycles. The van der Waals surface area contributed by atoms with E-state index >= 15 is 0 Å². The summed E-state index contributed by atoms with van der Waals surface area (Å²) in [6, 6.07) is 0. The number of rotatable bonds is 6. The summed E-state index contributed by atoms with van der Waals surface area (Å²) in [6.07, 6.45) is 1.09. The highest BCUT2D eigenvalue weighted by Gasteiger charge is 2.16. The first-order chi connectivity index (χ1) is 6.11. The van der Waals surface area contributed by atoms with Gasteiger partial charge >= 0.3 is 5.97 Å². The average molecular weight is 186 g/mol. The predicted octanol–water partition coefficient (Wildman–Crippen LogP) is 1.66. The molecule has 0 aliphatic rings. The van der Waals surface area contributed by atoms with Crippen LogP contribution in [0.15, 0.2) is 12.2 Å².